The van der Waals surface area contributed by atoms with E-state index in [0.717, 1.165) is 16.8 Å². The van der Waals surface area contributed by atoms with Crippen LogP contribution in [-0.4, -0.2) is 28.1 Å². The van der Waals surface area contributed by atoms with E-state index in [1.165, 1.54) is 7.11 Å². The largest absolute Gasteiger partial charge is 0.497 e. The topological polar surface area (TPSA) is 62.4 Å². The SMILES string of the molecule is COc1cccc(C(=O)NC(NC(=S)Nc2cc(C)ccc2C)C(Cl)(Cl)Cl)c1. The van der Waals surface area contributed by atoms with E-state index in [9.17, 15) is 4.79 Å². The molecule has 0 aromatic heterocycles. The first-order valence-electron chi connectivity index (χ1n) is 8.26. The number of nitrogens with one attached hydrogen (secondary N) is 3. The summed E-state index contributed by atoms with van der Waals surface area (Å²) >= 11 is 23.4. The highest BCUT2D eigenvalue weighted by Crippen LogP contribution is 2.29. The number of amides is 1. The van der Waals surface area contributed by atoms with Crippen molar-refractivity contribution in [1.82, 2.24) is 10.6 Å². The molecule has 0 aliphatic rings. The first-order valence-corrected chi connectivity index (χ1v) is 9.81. The predicted molar refractivity (Wildman–Crippen MR) is 120 cm³/mol. The van der Waals surface area contributed by atoms with Crippen LogP contribution in [0.1, 0.15) is 21.5 Å². The van der Waals surface area contributed by atoms with Crippen LogP contribution >= 0.6 is 47.0 Å². The first kappa shape index (κ1) is 22.6. The lowest BCUT2D eigenvalue weighted by Crippen LogP contribution is -2.56. The summed E-state index contributed by atoms with van der Waals surface area (Å²) in [5, 5.41) is 8.74. The van der Waals surface area contributed by atoms with Crippen molar-refractivity contribution in [2.45, 2.75) is 23.8 Å². The molecule has 3 N–H and O–H groups in total. The van der Waals surface area contributed by atoms with Crippen molar-refractivity contribution in [3.05, 3.63) is 59.2 Å². The summed E-state index contributed by atoms with van der Waals surface area (Å²) in [4.78, 5) is 12.6. The number of methoxy groups -OCH3 is 1. The fourth-order valence-corrected chi connectivity index (χ4v) is 2.89. The molecular weight excluding hydrogens is 441 g/mol. The third kappa shape index (κ3) is 6.41. The number of anilines is 1. The molecule has 9 heteroatoms. The first-order chi connectivity index (χ1) is 13.1. The normalized spacial score (nSPS) is 12.1. The Balaban J connectivity index is 2.12. The van der Waals surface area contributed by atoms with Gasteiger partial charge in [0.05, 0.1) is 7.11 Å². The van der Waals surface area contributed by atoms with Crippen molar-refractivity contribution in [2.75, 3.05) is 12.4 Å². The minimum Gasteiger partial charge on any atom is -0.497 e. The molecule has 0 fully saturated rings. The van der Waals surface area contributed by atoms with E-state index in [-0.39, 0.29) is 5.11 Å². The molecule has 0 saturated carbocycles. The Hall–Kier alpha value is -1.73. The van der Waals surface area contributed by atoms with Crippen LogP contribution < -0.4 is 20.7 Å². The maximum atomic E-state index is 12.6. The number of halogens is 3. The molecule has 0 heterocycles. The van der Waals surface area contributed by atoms with Gasteiger partial charge in [0.2, 0.25) is 3.79 Å². The molecule has 0 aliphatic carbocycles. The number of aryl methyl sites for hydroxylation is 2. The second-order valence-corrected chi connectivity index (χ2v) is 8.87. The highest BCUT2D eigenvalue weighted by atomic mass is 35.6. The Kier molecular flexibility index (Phi) is 7.78. The van der Waals surface area contributed by atoms with Crippen LogP contribution in [0.25, 0.3) is 0 Å². The predicted octanol–water partition coefficient (Wildman–Crippen LogP) is 4.72. The second-order valence-electron chi connectivity index (χ2n) is 6.10. The van der Waals surface area contributed by atoms with Crippen LogP contribution in [-0.2, 0) is 0 Å². The van der Waals surface area contributed by atoms with Gasteiger partial charge in [-0.25, -0.2) is 0 Å². The molecule has 5 nitrogen and oxygen atoms in total. The van der Waals surface area contributed by atoms with Gasteiger partial charge in [-0.1, -0.05) is 53.0 Å². The minimum atomic E-state index is -1.85. The molecule has 1 atom stereocenters. The summed E-state index contributed by atoms with van der Waals surface area (Å²) in [6, 6.07) is 12.5. The zero-order chi connectivity index (χ0) is 20.9. The van der Waals surface area contributed by atoms with E-state index < -0.39 is 15.9 Å². The number of carbonyl (C=O) groups is 1. The average Bonchev–Trinajstić information content (AvgIpc) is 2.63. The highest BCUT2D eigenvalue weighted by Gasteiger charge is 2.35. The zero-order valence-corrected chi connectivity index (χ0v) is 18.6. The van der Waals surface area contributed by atoms with Crippen molar-refractivity contribution in [3.63, 3.8) is 0 Å². The Morgan fingerprint density at radius 1 is 1.11 bits per heavy atom. The fraction of sp³-hybridized carbons (Fsp3) is 0.263. The Morgan fingerprint density at radius 3 is 2.46 bits per heavy atom. The van der Waals surface area contributed by atoms with E-state index in [1.807, 2.05) is 32.0 Å². The Bertz CT molecular complexity index is 872. The molecule has 1 unspecified atom stereocenters. The van der Waals surface area contributed by atoms with E-state index >= 15 is 0 Å². The van der Waals surface area contributed by atoms with Crippen LogP contribution in [0.15, 0.2) is 42.5 Å². The number of carbonyl (C=O) groups excluding carboxylic acids is 1. The molecule has 0 aliphatic heterocycles. The van der Waals surface area contributed by atoms with Gasteiger partial charge in [0.15, 0.2) is 5.11 Å². The summed E-state index contributed by atoms with van der Waals surface area (Å²) in [5.41, 5.74) is 3.24. The smallest absolute Gasteiger partial charge is 0.253 e. The molecule has 150 valence electrons. The lowest BCUT2D eigenvalue weighted by molar-refractivity contribution is 0.0934. The lowest BCUT2D eigenvalue weighted by atomic mass is 10.1. The average molecular weight is 461 g/mol. The van der Waals surface area contributed by atoms with Gasteiger partial charge in [-0.05, 0) is 61.5 Å². The lowest BCUT2D eigenvalue weighted by Gasteiger charge is -2.28. The van der Waals surface area contributed by atoms with Crippen molar-refractivity contribution in [3.8, 4) is 5.75 Å². The highest BCUT2D eigenvalue weighted by molar-refractivity contribution is 7.80. The summed E-state index contributed by atoms with van der Waals surface area (Å²) < 4.78 is 3.28. The quantitative estimate of drug-likeness (QED) is 0.342. The molecule has 2 rings (SSSR count). The van der Waals surface area contributed by atoms with Crippen molar-refractivity contribution >= 4 is 63.7 Å². The van der Waals surface area contributed by atoms with Gasteiger partial charge >= 0.3 is 0 Å². The molecule has 0 saturated heterocycles. The summed E-state index contributed by atoms with van der Waals surface area (Å²) in [6.07, 6.45) is -1.07. The number of hydrogen-bond donors (Lipinski definition) is 3. The summed E-state index contributed by atoms with van der Waals surface area (Å²) in [6.45, 7) is 3.92. The van der Waals surface area contributed by atoms with Gasteiger partial charge in [-0.2, -0.15) is 0 Å². The number of benzene rings is 2. The van der Waals surface area contributed by atoms with E-state index in [4.69, 9.17) is 51.8 Å². The molecule has 0 bridgehead atoms. The summed E-state index contributed by atoms with van der Waals surface area (Å²) in [7, 11) is 1.51. The van der Waals surface area contributed by atoms with Crippen molar-refractivity contribution in [1.29, 1.82) is 0 Å². The maximum absolute atomic E-state index is 12.6. The van der Waals surface area contributed by atoms with Crippen molar-refractivity contribution < 1.29 is 9.53 Å². The number of alkyl halides is 3. The second kappa shape index (κ2) is 9.65. The van der Waals surface area contributed by atoms with Crippen molar-refractivity contribution in [2.24, 2.45) is 0 Å². The van der Waals surface area contributed by atoms with Crippen LogP contribution in [0.3, 0.4) is 0 Å². The number of rotatable bonds is 5. The molecular formula is C19H20Cl3N3O2S. The van der Waals surface area contributed by atoms with Gasteiger partial charge in [0, 0.05) is 11.3 Å². The fourth-order valence-electron chi connectivity index (χ4n) is 2.34. The van der Waals surface area contributed by atoms with Crippen LogP contribution in [0, 0.1) is 13.8 Å². The van der Waals surface area contributed by atoms with Crippen LogP contribution in [0.4, 0.5) is 5.69 Å². The van der Waals surface area contributed by atoms with E-state index in [1.54, 1.807) is 24.3 Å². The minimum absolute atomic E-state index is 0.205. The molecule has 2 aromatic carbocycles. The van der Waals surface area contributed by atoms with Crippen LogP contribution in [0.2, 0.25) is 0 Å². The molecule has 0 spiro atoms. The third-order valence-corrected chi connectivity index (χ3v) is 4.73. The Morgan fingerprint density at radius 2 is 1.82 bits per heavy atom. The van der Waals surface area contributed by atoms with E-state index in [0.29, 0.717) is 11.3 Å². The summed E-state index contributed by atoms with van der Waals surface area (Å²) in [5.74, 6) is 0.0930. The standard InChI is InChI=1S/C19H20Cl3N3O2S/c1-11-7-8-12(2)15(9-11)23-18(28)25-17(19(20,21)22)24-16(26)13-5-4-6-14(10-13)27-3/h4-10,17H,1-3H3,(H,24,26)(H2,23,25,28). The maximum Gasteiger partial charge on any atom is 0.253 e. The number of thiocarbonyl (C=S) groups is 1. The molecule has 28 heavy (non-hydrogen) atoms. The Labute approximate surface area is 184 Å². The van der Waals surface area contributed by atoms with Gasteiger partial charge < -0.3 is 20.7 Å². The van der Waals surface area contributed by atoms with Gasteiger partial charge in [0.1, 0.15) is 11.9 Å². The molecule has 2 aromatic rings. The number of hydrogen-bond acceptors (Lipinski definition) is 3. The van der Waals surface area contributed by atoms with Crippen LogP contribution in [0.5, 0.6) is 5.75 Å². The molecule has 0 radical (unpaired) electrons. The zero-order valence-electron chi connectivity index (χ0n) is 15.5. The van der Waals surface area contributed by atoms with Gasteiger partial charge in [-0.3, -0.25) is 4.79 Å². The third-order valence-electron chi connectivity index (χ3n) is 3.85. The monoisotopic (exact) mass is 459 g/mol. The van der Waals surface area contributed by atoms with E-state index in [2.05, 4.69) is 16.0 Å². The van der Waals surface area contributed by atoms with Gasteiger partial charge in [-0.15, -0.1) is 0 Å². The molecule has 1 amide bonds. The number of ether oxygens (including phenoxy) is 1. The van der Waals surface area contributed by atoms with Gasteiger partial charge in [0.25, 0.3) is 5.91 Å².